The van der Waals surface area contributed by atoms with Crippen LogP contribution in [0.25, 0.3) is 0 Å². The van der Waals surface area contributed by atoms with E-state index in [4.69, 9.17) is 11.6 Å². The smallest absolute Gasteiger partial charge is 0.241 e. The van der Waals surface area contributed by atoms with E-state index < -0.39 is 5.92 Å². The Kier molecular flexibility index (Phi) is 2.87. The Balaban J connectivity index is 2.11. The van der Waals surface area contributed by atoms with Gasteiger partial charge in [0.25, 0.3) is 0 Å². The monoisotopic (exact) mass is 232 g/mol. The number of alkyl halides is 3. The quantitative estimate of drug-likeness (QED) is 0.733. The Morgan fingerprint density at radius 2 is 2.07 bits per heavy atom. The largest absolute Gasteiger partial charge is 0.248 e. The third-order valence-electron chi connectivity index (χ3n) is 2.65. The molecule has 1 aromatic rings. The fraction of sp³-hybridized carbons (Fsp3) is 0.600. The molecule has 1 saturated carbocycles. The Hall–Kier alpha value is -0.770. The normalized spacial score (nSPS) is 24.3. The lowest BCUT2D eigenvalue weighted by molar-refractivity contribution is 0.00754. The van der Waals surface area contributed by atoms with Crippen LogP contribution in [0.15, 0.2) is 12.4 Å². The molecule has 1 atom stereocenters. The standard InChI is InChI=1S/C10H11ClF2N2/c11-4-7-5-14-9(15-6-7)8-1-2-10(12,13)3-8/h5-6,8H,1-4H2. The van der Waals surface area contributed by atoms with Gasteiger partial charge < -0.3 is 0 Å². The molecular weight excluding hydrogens is 222 g/mol. The van der Waals surface area contributed by atoms with Gasteiger partial charge in [-0.2, -0.15) is 0 Å². The van der Waals surface area contributed by atoms with E-state index in [0.717, 1.165) is 5.56 Å². The van der Waals surface area contributed by atoms with E-state index in [0.29, 0.717) is 18.1 Å². The molecule has 1 heterocycles. The molecule has 0 saturated heterocycles. The Labute approximate surface area is 91.7 Å². The molecule has 0 radical (unpaired) electrons. The zero-order valence-corrected chi connectivity index (χ0v) is 8.84. The average Bonchev–Trinajstić information content (AvgIpc) is 2.59. The Morgan fingerprint density at radius 3 is 2.53 bits per heavy atom. The molecule has 1 aromatic heterocycles. The molecule has 1 aliphatic carbocycles. The lowest BCUT2D eigenvalue weighted by Gasteiger charge is -2.09. The maximum atomic E-state index is 12.9. The molecule has 0 aliphatic heterocycles. The van der Waals surface area contributed by atoms with Gasteiger partial charge in [-0.15, -0.1) is 11.6 Å². The van der Waals surface area contributed by atoms with E-state index >= 15 is 0 Å². The molecule has 0 N–H and O–H groups in total. The summed E-state index contributed by atoms with van der Waals surface area (Å²) in [5.41, 5.74) is 0.810. The van der Waals surface area contributed by atoms with Gasteiger partial charge in [0.2, 0.25) is 5.92 Å². The van der Waals surface area contributed by atoms with Crippen LogP contribution in [0.2, 0.25) is 0 Å². The van der Waals surface area contributed by atoms with Gasteiger partial charge in [0, 0.05) is 36.7 Å². The molecule has 2 rings (SSSR count). The molecule has 0 aromatic carbocycles. The number of nitrogens with zero attached hydrogens (tertiary/aromatic N) is 2. The van der Waals surface area contributed by atoms with Crippen LogP contribution < -0.4 is 0 Å². The van der Waals surface area contributed by atoms with Gasteiger partial charge in [0.15, 0.2) is 0 Å². The Morgan fingerprint density at radius 1 is 1.40 bits per heavy atom. The molecule has 0 amide bonds. The summed E-state index contributed by atoms with van der Waals surface area (Å²) in [6.45, 7) is 0. The molecule has 1 fully saturated rings. The van der Waals surface area contributed by atoms with Gasteiger partial charge in [0.1, 0.15) is 5.82 Å². The van der Waals surface area contributed by atoms with Crippen LogP contribution in [-0.2, 0) is 5.88 Å². The van der Waals surface area contributed by atoms with Crippen molar-refractivity contribution in [3.8, 4) is 0 Å². The van der Waals surface area contributed by atoms with Gasteiger partial charge in [-0.25, -0.2) is 18.7 Å². The first-order valence-corrected chi connectivity index (χ1v) is 5.39. The summed E-state index contributed by atoms with van der Waals surface area (Å²) < 4.78 is 25.9. The van der Waals surface area contributed by atoms with Crippen molar-refractivity contribution in [3.63, 3.8) is 0 Å². The molecule has 1 aliphatic rings. The first-order valence-electron chi connectivity index (χ1n) is 4.85. The van der Waals surface area contributed by atoms with Gasteiger partial charge in [0.05, 0.1) is 5.88 Å². The van der Waals surface area contributed by atoms with Crippen LogP contribution in [0.3, 0.4) is 0 Å². The second-order valence-electron chi connectivity index (χ2n) is 3.88. The summed E-state index contributed by atoms with van der Waals surface area (Å²) in [7, 11) is 0. The zero-order valence-electron chi connectivity index (χ0n) is 8.09. The van der Waals surface area contributed by atoms with Crippen LogP contribution in [0.5, 0.6) is 0 Å². The fourth-order valence-electron chi connectivity index (χ4n) is 1.81. The van der Waals surface area contributed by atoms with Crippen molar-refractivity contribution >= 4 is 11.6 Å². The Bertz CT molecular complexity index is 340. The summed E-state index contributed by atoms with van der Waals surface area (Å²) in [5, 5.41) is 0. The SMILES string of the molecule is FC1(F)CCC(c2ncc(CCl)cn2)C1. The maximum Gasteiger partial charge on any atom is 0.248 e. The second-order valence-corrected chi connectivity index (χ2v) is 4.15. The first-order chi connectivity index (χ1) is 7.11. The highest BCUT2D eigenvalue weighted by Gasteiger charge is 2.41. The van der Waals surface area contributed by atoms with Crippen molar-refractivity contribution in [1.29, 1.82) is 0 Å². The molecule has 0 spiro atoms. The summed E-state index contributed by atoms with van der Waals surface area (Å²) in [6, 6.07) is 0. The van der Waals surface area contributed by atoms with Crippen molar-refractivity contribution in [2.45, 2.75) is 37.0 Å². The van der Waals surface area contributed by atoms with Crippen molar-refractivity contribution in [2.24, 2.45) is 0 Å². The molecular formula is C10H11ClF2N2. The van der Waals surface area contributed by atoms with Gasteiger partial charge >= 0.3 is 0 Å². The minimum absolute atomic E-state index is 0.0573. The zero-order chi connectivity index (χ0) is 10.9. The average molecular weight is 233 g/mol. The molecule has 15 heavy (non-hydrogen) atoms. The molecule has 5 heteroatoms. The van der Waals surface area contributed by atoms with E-state index in [9.17, 15) is 8.78 Å². The van der Waals surface area contributed by atoms with E-state index in [1.165, 1.54) is 0 Å². The fourth-order valence-corrected chi connectivity index (χ4v) is 1.95. The topological polar surface area (TPSA) is 25.8 Å². The third-order valence-corrected chi connectivity index (χ3v) is 2.96. The van der Waals surface area contributed by atoms with Crippen LogP contribution in [-0.4, -0.2) is 15.9 Å². The van der Waals surface area contributed by atoms with Crippen LogP contribution in [0.1, 0.15) is 36.6 Å². The highest BCUT2D eigenvalue weighted by atomic mass is 35.5. The summed E-state index contributed by atoms with van der Waals surface area (Å²) in [4.78, 5) is 8.14. The van der Waals surface area contributed by atoms with Gasteiger partial charge in [-0.1, -0.05) is 0 Å². The van der Waals surface area contributed by atoms with Crippen molar-refractivity contribution in [1.82, 2.24) is 9.97 Å². The van der Waals surface area contributed by atoms with E-state index in [-0.39, 0.29) is 18.8 Å². The number of aromatic nitrogens is 2. The van der Waals surface area contributed by atoms with E-state index in [1.54, 1.807) is 12.4 Å². The third kappa shape index (κ3) is 2.43. The maximum absolute atomic E-state index is 12.9. The van der Waals surface area contributed by atoms with Gasteiger partial charge in [-0.3, -0.25) is 0 Å². The molecule has 82 valence electrons. The van der Waals surface area contributed by atoms with E-state index in [2.05, 4.69) is 9.97 Å². The number of hydrogen-bond acceptors (Lipinski definition) is 2. The summed E-state index contributed by atoms with van der Waals surface area (Å²) in [5.74, 6) is -1.88. The van der Waals surface area contributed by atoms with Crippen molar-refractivity contribution in [2.75, 3.05) is 0 Å². The van der Waals surface area contributed by atoms with Crippen LogP contribution in [0, 0.1) is 0 Å². The number of hydrogen-bond donors (Lipinski definition) is 0. The highest BCUT2D eigenvalue weighted by Crippen LogP contribution is 2.42. The van der Waals surface area contributed by atoms with Gasteiger partial charge in [-0.05, 0) is 6.42 Å². The molecule has 1 unspecified atom stereocenters. The van der Waals surface area contributed by atoms with E-state index in [1.807, 2.05) is 0 Å². The second kappa shape index (κ2) is 4.00. The van der Waals surface area contributed by atoms with Crippen molar-refractivity contribution < 1.29 is 8.78 Å². The molecule has 0 bridgehead atoms. The summed E-state index contributed by atoms with van der Waals surface area (Å²) in [6.07, 6.45) is 3.48. The minimum atomic E-state index is -2.54. The highest BCUT2D eigenvalue weighted by molar-refractivity contribution is 6.17. The first kappa shape index (κ1) is 10.7. The predicted molar refractivity (Wildman–Crippen MR) is 53.1 cm³/mol. The van der Waals surface area contributed by atoms with Crippen LogP contribution in [0.4, 0.5) is 8.78 Å². The minimum Gasteiger partial charge on any atom is -0.241 e. The number of halogens is 3. The molecule has 2 nitrogen and oxygen atoms in total. The van der Waals surface area contributed by atoms with Crippen LogP contribution >= 0.6 is 11.6 Å². The predicted octanol–water partition coefficient (Wildman–Crippen LogP) is 3.12. The lowest BCUT2D eigenvalue weighted by Crippen LogP contribution is -2.10. The number of rotatable bonds is 2. The summed E-state index contributed by atoms with van der Waals surface area (Å²) >= 11 is 5.58. The lowest BCUT2D eigenvalue weighted by atomic mass is 10.1. The van der Waals surface area contributed by atoms with Crippen molar-refractivity contribution in [3.05, 3.63) is 23.8 Å².